The minimum atomic E-state index is -0.0774. The molecule has 1 fully saturated rings. The molecule has 2 aliphatic rings. The molecule has 1 saturated heterocycles. The van der Waals surface area contributed by atoms with Crippen molar-refractivity contribution >= 4 is 19.5 Å². The number of benzene rings is 1. The maximum Gasteiger partial charge on any atom is 0.293 e. The molecule has 1 N–H and O–H groups in total. The third-order valence-electron chi connectivity index (χ3n) is 4.32. The van der Waals surface area contributed by atoms with Crippen molar-refractivity contribution in [2.75, 3.05) is 19.7 Å². The number of nitrogens with one attached hydrogen (secondary N) is 1. The zero-order valence-electron chi connectivity index (χ0n) is 12.0. The zero-order chi connectivity index (χ0) is 14.8. The monoisotopic (exact) mass is 285 g/mol. The van der Waals surface area contributed by atoms with Crippen LogP contribution in [0.2, 0.25) is 0 Å². The number of rotatable bonds is 3. The predicted octanol–water partition coefficient (Wildman–Crippen LogP) is 0.603. The van der Waals surface area contributed by atoms with E-state index in [2.05, 4.69) is 29.2 Å². The third kappa shape index (κ3) is 2.73. The van der Waals surface area contributed by atoms with Crippen molar-refractivity contribution in [2.45, 2.75) is 25.5 Å². The lowest BCUT2D eigenvalue weighted by Crippen LogP contribution is -2.41. The summed E-state index contributed by atoms with van der Waals surface area (Å²) >= 11 is 0. The van der Waals surface area contributed by atoms with E-state index in [1.807, 2.05) is 6.07 Å². The lowest BCUT2D eigenvalue weighted by molar-refractivity contribution is -0.133. The van der Waals surface area contributed by atoms with Crippen molar-refractivity contribution in [1.82, 2.24) is 10.1 Å². The quantitative estimate of drug-likeness (QED) is 0.653. The number of carbonyl (C=O) groups is 2. The van der Waals surface area contributed by atoms with Gasteiger partial charge in [0.15, 0.2) is 0 Å². The van der Waals surface area contributed by atoms with Crippen molar-refractivity contribution in [1.29, 1.82) is 0 Å². The van der Waals surface area contributed by atoms with Crippen LogP contribution in [0.5, 0.6) is 0 Å². The van der Waals surface area contributed by atoms with E-state index in [1.165, 1.54) is 11.1 Å². The van der Waals surface area contributed by atoms with E-state index in [1.54, 1.807) is 7.41 Å². The Labute approximate surface area is 124 Å². The predicted molar refractivity (Wildman–Crippen MR) is 79.5 cm³/mol. The van der Waals surface area contributed by atoms with Crippen molar-refractivity contribution in [3.05, 3.63) is 34.9 Å². The van der Waals surface area contributed by atoms with Crippen LogP contribution in [0.4, 0.5) is 0 Å². The summed E-state index contributed by atoms with van der Waals surface area (Å²) in [4.78, 5) is 24.0. The normalized spacial score (nSPS) is 25.9. The summed E-state index contributed by atoms with van der Waals surface area (Å²) < 4.78 is 5.66. The fourth-order valence-electron chi connectivity index (χ4n) is 3.19. The Morgan fingerprint density at radius 2 is 2.24 bits per heavy atom. The van der Waals surface area contributed by atoms with Gasteiger partial charge in [-0.05, 0) is 36.6 Å². The topological polar surface area (TPSA) is 58.6 Å². The number of ether oxygens (including phenoxy) is 1. The minimum absolute atomic E-state index is 0.0591. The number of nitrogens with zero attached hydrogens (tertiary/aromatic N) is 1. The lowest BCUT2D eigenvalue weighted by atomic mass is 9.81. The second kappa shape index (κ2) is 5.99. The van der Waals surface area contributed by atoms with Gasteiger partial charge in [0.2, 0.25) is 5.91 Å². The van der Waals surface area contributed by atoms with Crippen LogP contribution in [0.3, 0.4) is 0 Å². The molecule has 2 aliphatic heterocycles. The molecule has 0 aromatic heterocycles. The Bertz CT molecular complexity index is 554. The van der Waals surface area contributed by atoms with Crippen LogP contribution in [-0.4, -0.2) is 44.0 Å². The van der Waals surface area contributed by atoms with Crippen LogP contribution in [0, 0.1) is 0 Å². The lowest BCUT2D eigenvalue weighted by Gasteiger charge is -2.36. The van der Waals surface area contributed by atoms with Gasteiger partial charge >= 0.3 is 0 Å². The summed E-state index contributed by atoms with van der Waals surface area (Å²) in [6, 6.07) is 6.38. The highest BCUT2D eigenvalue weighted by Gasteiger charge is 2.29. The minimum Gasteiger partial charge on any atom is -0.362 e. The Kier molecular flexibility index (Phi) is 4.08. The van der Waals surface area contributed by atoms with Gasteiger partial charge in [0, 0.05) is 12.6 Å². The Balaban J connectivity index is 1.88. The zero-order valence-corrected chi connectivity index (χ0v) is 12.0. The smallest absolute Gasteiger partial charge is 0.293 e. The molecule has 1 amide bonds. The Morgan fingerprint density at radius 3 is 2.95 bits per heavy atom. The molecule has 1 unspecified atom stereocenters. The molecule has 2 heterocycles. The van der Waals surface area contributed by atoms with Gasteiger partial charge in [-0.3, -0.25) is 4.79 Å². The summed E-state index contributed by atoms with van der Waals surface area (Å²) in [7, 11) is 1.61. The maximum atomic E-state index is 11.2. The van der Waals surface area contributed by atoms with E-state index in [0.717, 1.165) is 24.7 Å². The molecule has 0 spiro atoms. The van der Waals surface area contributed by atoms with Crippen molar-refractivity contribution in [2.24, 2.45) is 0 Å². The highest BCUT2D eigenvalue weighted by molar-refractivity contribution is 6.64. The van der Waals surface area contributed by atoms with Gasteiger partial charge in [0.05, 0.1) is 6.19 Å². The van der Waals surface area contributed by atoms with Crippen LogP contribution in [0.25, 0.3) is 0 Å². The molecular formula is C15H18BN2O3. The van der Waals surface area contributed by atoms with E-state index in [0.29, 0.717) is 6.54 Å². The first-order chi connectivity index (χ1) is 10.2. The average molecular weight is 285 g/mol. The second-order valence-corrected chi connectivity index (χ2v) is 5.47. The standard InChI is InChI=1S/C15H18BN2O3/c1-10-11-3-2-4-13(14-7-17-15(20)8-21-14)12(11)5-6-18(10)16-9-19/h2-4,9-10,14H,5-8H2,1H3,(H,17,20)/t10-,14?/m0/s1. The molecule has 5 nitrogen and oxygen atoms in total. The van der Waals surface area contributed by atoms with Crippen molar-refractivity contribution in [3.63, 3.8) is 0 Å². The van der Waals surface area contributed by atoms with Crippen LogP contribution < -0.4 is 5.32 Å². The van der Waals surface area contributed by atoms with Crippen molar-refractivity contribution < 1.29 is 14.3 Å². The number of carbonyl (C=O) groups excluding carboxylic acids is 2. The van der Waals surface area contributed by atoms with Gasteiger partial charge in [-0.1, -0.05) is 18.2 Å². The molecule has 0 bridgehead atoms. The molecule has 2 atom stereocenters. The first-order valence-electron chi connectivity index (χ1n) is 7.25. The number of hydrogen-bond donors (Lipinski definition) is 1. The SMILES string of the molecule is C[C@H]1c2cccc(C3CNC(=O)CO3)c2CCN1[B]C=O. The summed E-state index contributed by atoms with van der Waals surface area (Å²) in [5.74, 6) is -0.0591. The molecule has 6 heteroatoms. The number of hydrogen-bond acceptors (Lipinski definition) is 4. The first-order valence-corrected chi connectivity index (χ1v) is 7.25. The van der Waals surface area contributed by atoms with E-state index < -0.39 is 0 Å². The Hall–Kier alpha value is -1.66. The molecule has 1 aromatic carbocycles. The average Bonchev–Trinajstić information content (AvgIpc) is 2.51. The molecule has 0 saturated carbocycles. The van der Waals surface area contributed by atoms with Crippen LogP contribution in [0.1, 0.15) is 35.8 Å². The molecule has 1 radical (unpaired) electrons. The largest absolute Gasteiger partial charge is 0.362 e. The molecule has 3 rings (SSSR count). The van der Waals surface area contributed by atoms with E-state index >= 15 is 0 Å². The van der Waals surface area contributed by atoms with Crippen LogP contribution in [-0.2, 0) is 20.7 Å². The Morgan fingerprint density at radius 1 is 1.43 bits per heavy atom. The number of amides is 1. The van der Waals surface area contributed by atoms with Gasteiger partial charge < -0.3 is 19.7 Å². The van der Waals surface area contributed by atoms with Gasteiger partial charge in [-0.15, -0.1) is 0 Å². The molecular weight excluding hydrogens is 267 g/mol. The van der Waals surface area contributed by atoms with Gasteiger partial charge in [0.25, 0.3) is 7.41 Å². The summed E-state index contributed by atoms with van der Waals surface area (Å²) in [5.41, 5.74) is 3.68. The summed E-state index contributed by atoms with van der Waals surface area (Å²) in [6.07, 6.45) is 1.64. The summed E-state index contributed by atoms with van der Waals surface area (Å²) in [6.45, 7) is 3.57. The van der Waals surface area contributed by atoms with E-state index in [4.69, 9.17) is 4.74 Å². The maximum absolute atomic E-state index is 11.2. The van der Waals surface area contributed by atoms with Crippen LogP contribution in [0.15, 0.2) is 18.2 Å². The second-order valence-electron chi connectivity index (χ2n) is 5.47. The molecule has 21 heavy (non-hydrogen) atoms. The van der Waals surface area contributed by atoms with E-state index in [-0.39, 0.29) is 24.7 Å². The fraction of sp³-hybridized carbons (Fsp3) is 0.467. The van der Waals surface area contributed by atoms with Crippen molar-refractivity contribution in [3.8, 4) is 0 Å². The van der Waals surface area contributed by atoms with E-state index in [9.17, 15) is 9.59 Å². The molecule has 109 valence electrons. The first kappa shape index (κ1) is 14.3. The third-order valence-corrected chi connectivity index (χ3v) is 4.32. The van der Waals surface area contributed by atoms with Crippen LogP contribution >= 0.6 is 0 Å². The van der Waals surface area contributed by atoms with Gasteiger partial charge in [-0.2, -0.15) is 0 Å². The van der Waals surface area contributed by atoms with Gasteiger partial charge in [-0.25, -0.2) is 0 Å². The highest BCUT2D eigenvalue weighted by atomic mass is 16.5. The highest BCUT2D eigenvalue weighted by Crippen LogP contribution is 2.34. The molecule has 0 aliphatic carbocycles. The number of fused-ring (bicyclic) bond motifs is 1. The summed E-state index contributed by atoms with van der Waals surface area (Å²) in [5, 5.41) is 2.85. The number of morpholine rings is 1. The fourth-order valence-corrected chi connectivity index (χ4v) is 3.19. The van der Waals surface area contributed by atoms with Gasteiger partial charge in [0.1, 0.15) is 12.7 Å². The molecule has 1 aromatic rings.